The first-order chi connectivity index (χ1) is 39.2. The number of benzene rings is 2. The molecule has 0 radical (unpaired) electrons. The molecule has 9 rings (SSSR count). The van der Waals surface area contributed by atoms with Gasteiger partial charge in [-0.25, -0.2) is 4.79 Å². The van der Waals surface area contributed by atoms with Gasteiger partial charge < -0.3 is 50.6 Å². The Bertz CT molecular complexity index is 3400. The molecule has 6 heterocycles. The number of carbonyl (C=O) groups is 5. The molecule has 19 nitrogen and oxygen atoms in total. The highest BCUT2D eigenvalue weighted by molar-refractivity contribution is 7.85. The summed E-state index contributed by atoms with van der Waals surface area (Å²) in [7, 11) is -1.48. The number of aliphatic hydroxyl groups is 1. The fraction of sp³-hybridized carbons (Fsp3) is 0.492. The van der Waals surface area contributed by atoms with Gasteiger partial charge in [-0.05, 0) is 107 Å². The minimum Gasteiger partial charge on any atom is -0.439 e. The number of unbranched alkanes of at least 4 members (excludes halogenated alkanes) is 1. The van der Waals surface area contributed by atoms with Crippen molar-refractivity contribution in [2.24, 2.45) is 17.6 Å². The van der Waals surface area contributed by atoms with Crippen LogP contribution in [0.4, 0.5) is 16.2 Å². The molecule has 2 bridgehead atoms. The Morgan fingerprint density at radius 2 is 1.70 bits per heavy atom. The van der Waals surface area contributed by atoms with Crippen LogP contribution < -0.4 is 26.6 Å². The summed E-state index contributed by atoms with van der Waals surface area (Å²) < 4.78 is 60.5. The number of hydrogen-bond acceptors (Lipinski definition) is 14. The van der Waals surface area contributed by atoms with Crippen LogP contribution in [-0.2, 0) is 65.5 Å². The van der Waals surface area contributed by atoms with Crippen LogP contribution in [0.25, 0.3) is 0 Å². The molecule has 2 unspecified atom stereocenters. The van der Waals surface area contributed by atoms with Crippen molar-refractivity contribution >= 4 is 56.7 Å². The zero-order valence-corrected chi connectivity index (χ0v) is 49.9. The molecule has 0 saturated carbocycles. The number of ketones is 2. The van der Waals surface area contributed by atoms with Crippen LogP contribution >= 0.6 is 0 Å². The summed E-state index contributed by atoms with van der Waals surface area (Å²) in [4.78, 5) is 69.4. The van der Waals surface area contributed by atoms with Crippen molar-refractivity contribution in [3.05, 3.63) is 135 Å². The standard InChI is InChI=1S/C63H78N6O13S/c1-34-26-42-54(48(70)33-45(56(42)73)67-60(74)35(2)14-13-15-51(79-9)57(82-61(64)75)37(4)28-36(3)55(72)52(27-34)80-10)66-23-12-11-22-65-53(71)30-38-16-18-46-43(29-38)62(5,6)58-40-32-41-50(81-49(40)20-24-68(46)58)21-25-69-47-19-17-39(83(76,77)78)31-44(47)63(7,8)59(41)69/h13-19,28-29,31-34,36,49-52,55,57,72H,11-12,20-27,30H2,1-10H3,(H5-,64,65,66,67,70,71,73,74,75,76,77,78)/p+1/b15-13-,35-14+,37-28+/t34-,36+,49?,50?,51+,52+,55-,57+/m1/s1. The van der Waals surface area contributed by atoms with Crippen LogP contribution in [0.3, 0.4) is 0 Å². The number of ether oxygens (including phenoxy) is 4. The summed E-state index contributed by atoms with van der Waals surface area (Å²) in [5.74, 6) is -2.54. The Hall–Kier alpha value is -6.81. The molecule has 2 aromatic rings. The first kappa shape index (κ1) is 60.8. The van der Waals surface area contributed by atoms with E-state index >= 15 is 0 Å². The average molecular weight is 1160 g/mol. The topological polar surface area (TPSA) is 265 Å². The fourth-order valence-corrected chi connectivity index (χ4v) is 13.8. The second-order valence-electron chi connectivity index (χ2n) is 24.1. The molecular weight excluding hydrogens is 1080 g/mol. The van der Waals surface area contributed by atoms with Gasteiger partial charge in [-0.1, -0.05) is 64.1 Å². The van der Waals surface area contributed by atoms with E-state index in [4.69, 9.17) is 24.7 Å². The van der Waals surface area contributed by atoms with Crippen molar-refractivity contribution < 1.29 is 65.6 Å². The highest BCUT2D eigenvalue weighted by Crippen LogP contribution is 2.54. The molecule has 0 aromatic heterocycles. The lowest BCUT2D eigenvalue weighted by atomic mass is 9.74. The lowest BCUT2D eigenvalue weighted by molar-refractivity contribution is -0.445. The predicted molar refractivity (Wildman–Crippen MR) is 312 cm³/mol. The highest BCUT2D eigenvalue weighted by atomic mass is 32.2. The van der Waals surface area contributed by atoms with Crippen LogP contribution in [0.1, 0.15) is 111 Å². The second-order valence-corrected chi connectivity index (χ2v) is 25.5. The smallest absolute Gasteiger partial charge is 0.405 e. The molecule has 83 heavy (non-hydrogen) atoms. The molecule has 20 heteroatoms. The predicted octanol–water partition coefficient (Wildman–Crippen LogP) is 6.67. The molecule has 8 atom stereocenters. The van der Waals surface area contributed by atoms with E-state index in [1.165, 1.54) is 32.1 Å². The number of carbonyl (C=O) groups excluding carboxylic acids is 5. The van der Waals surface area contributed by atoms with Gasteiger partial charge >= 0.3 is 6.09 Å². The van der Waals surface area contributed by atoms with Gasteiger partial charge in [-0.15, -0.1) is 0 Å². The molecule has 7 aliphatic rings. The lowest BCUT2D eigenvalue weighted by Gasteiger charge is -2.42. The summed E-state index contributed by atoms with van der Waals surface area (Å²) in [6.45, 7) is 17.8. The average Bonchev–Trinajstić information content (AvgIpc) is 1.73. The van der Waals surface area contributed by atoms with Gasteiger partial charge in [0.25, 0.3) is 16.0 Å². The highest BCUT2D eigenvalue weighted by Gasteiger charge is 2.55. The molecule has 3 amide bonds. The molecule has 444 valence electrons. The van der Waals surface area contributed by atoms with Crippen LogP contribution in [-0.4, -0.2) is 135 Å². The van der Waals surface area contributed by atoms with Crippen molar-refractivity contribution in [2.75, 3.05) is 45.3 Å². The molecule has 2 aromatic carbocycles. The van der Waals surface area contributed by atoms with E-state index in [-0.39, 0.29) is 64.3 Å². The summed E-state index contributed by atoms with van der Waals surface area (Å²) in [6, 6.07) is 11.1. The van der Waals surface area contributed by atoms with Crippen molar-refractivity contribution in [3.8, 4) is 0 Å². The SMILES string of the molecule is CO[C@H]1/C=C\C=C(/C)C(=O)NC2=CC(=O)C(NCCCCNC(=O)Cc3ccc4c(c3)C(C)(C)C3=C5C=C6C7=[N+](CCC6OC5CCN34)c3ccc(S(=O)(=O)O)cc3C7(C)C)=C(C[C@@H](C)C[C@H](OC)[C@H](O)[C@@H](C)/C=C(\C)[C@@H]1OC(N)=O)C2=O. The summed E-state index contributed by atoms with van der Waals surface area (Å²) in [5, 5.41) is 20.5. The Balaban J connectivity index is 0.851. The quantitative estimate of drug-likeness (QED) is 0.0426. The van der Waals surface area contributed by atoms with Crippen molar-refractivity contribution in [3.63, 3.8) is 0 Å². The van der Waals surface area contributed by atoms with E-state index in [0.29, 0.717) is 37.9 Å². The maximum atomic E-state index is 14.3. The minimum absolute atomic E-state index is 0.0907. The zero-order valence-electron chi connectivity index (χ0n) is 49.1. The zero-order chi connectivity index (χ0) is 60.0. The third kappa shape index (κ3) is 12.1. The molecule has 0 spiro atoms. The summed E-state index contributed by atoms with van der Waals surface area (Å²) in [5.41, 5.74) is 14.7. The van der Waals surface area contributed by atoms with E-state index < -0.39 is 74.8 Å². The van der Waals surface area contributed by atoms with Gasteiger partial charge in [0, 0.05) is 103 Å². The van der Waals surface area contributed by atoms with Crippen LogP contribution in [0.5, 0.6) is 0 Å². The Kier molecular flexibility index (Phi) is 17.6. The molecule has 0 fully saturated rings. The third-order valence-electron chi connectivity index (χ3n) is 17.5. The van der Waals surface area contributed by atoms with Gasteiger partial charge in [0.05, 0.1) is 52.5 Å². The fourth-order valence-electron chi connectivity index (χ4n) is 13.3. The van der Waals surface area contributed by atoms with Gasteiger partial charge in [0.1, 0.15) is 6.10 Å². The maximum Gasteiger partial charge on any atom is 0.405 e. The molecule has 7 N–H and O–H groups in total. The normalized spacial score (nSPS) is 28.6. The summed E-state index contributed by atoms with van der Waals surface area (Å²) >= 11 is 0. The summed E-state index contributed by atoms with van der Waals surface area (Å²) in [6.07, 6.45) is 8.40. The number of allylic oxidation sites excluding steroid dienone is 5. The largest absolute Gasteiger partial charge is 0.439 e. The number of aliphatic hydroxyl groups excluding tert-OH is 1. The first-order valence-corrected chi connectivity index (χ1v) is 30.1. The number of fused-ring (bicyclic) bond motifs is 10. The number of nitrogens with zero attached hydrogens (tertiary/aromatic N) is 2. The van der Waals surface area contributed by atoms with Crippen LogP contribution in [0, 0.1) is 11.8 Å². The first-order valence-electron chi connectivity index (χ1n) is 28.6. The number of primary amides is 1. The number of hydrogen-bond donors (Lipinski definition) is 6. The number of rotatable bonds is 12. The monoisotopic (exact) mass is 1160 g/mol. The van der Waals surface area contributed by atoms with Gasteiger partial charge in [-0.2, -0.15) is 13.0 Å². The van der Waals surface area contributed by atoms with Gasteiger partial charge in [-0.3, -0.25) is 23.7 Å². The van der Waals surface area contributed by atoms with E-state index in [0.717, 1.165) is 76.9 Å². The van der Waals surface area contributed by atoms with Crippen LogP contribution in [0.15, 0.2) is 123 Å². The lowest BCUT2D eigenvalue weighted by Crippen LogP contribution is -2.47. The molecule has 1 aliphatic carbocycles. The van der Waals surface area contributed by atoms with Crippen molar-refractivity contribution in [1.29, 1.82) is 0 Å². The third-order valence-corrected chi connectivity index (χ3v) is 18.3. The number of nitrogens with one attached hydrogen (secondary N) is 3. The Morgan fingerprint density at radius 3 is 2.41 bits per heavy atom. The number of amides is 3. The number of nitrogens with two attached hydrogens (primary N) is 1. The minimum atomic E-state index is -4.39. The second kappa shape index (κ2) is 24.0. The molecular formula is C63H79N6O13S+. The Labute approximate surface area is 486 Å². The van der Waals surface area contributed by atoms with E-state index in [2.05, 4.69) is 71.3 Å². The molecule has 0 saturated heterocycles. The number of Topliss-reactive ketones (excluding diaryl/α,β-unsaturated/α-hetero) is 1. The maximum absolute atomic E-state index is 14.3. The van der Waals surface area contributed by atoms with Crippen molar-refractivity contribution in [2.45, 2.75) is 153 Å². The van der Waals surface area contributed by atoms with Crippen LogP contribution in [0.2, 0.25) is 0 Å². The van der Waals surface area contributed by atoms with E-state index in [9.17, 15) is 42.0 Å². The van der Waals surface area contributed by atoms with E-state index in [1.807, 2.05) is 13.0 Å². The Morgan fingerprint density at radius 1 is 0.952 bits per heavy atom. The molecule has 6 aliphatic heterocycles. The van der Waals surface area contributed by atoms with E-state index in [1.54, 1.807) is 51.1 Å². The number of methoxy groups -OCH3 is 2. The van der Waals surface area contributed by atoms with Gasteiger partial charge in [0.15, 0.2) is 18.4 Å². The number of anilines is 1. The van der Waals surface area contributed by atoms with Crippen molar-refractivity contribution in [1.82, 2.24) is 16.0 Å². The van der Waals surface area contributed by atoms with Gasteiger partial charge in [0.2, 0.25) is 23.2 Å².